The third-order valence-electron chi connectivity index (χ3n) is 4.97. The standard InChI is InChI=1S/C25H22N6O2/c26-24(27)18-8-4-9-20(16-18)30-25(33)23(17-6-2-1-3-7-17)29-19-11-13-21(14-12-19)31-22(32)10-5-15-28-31/h1-16,23,29H,(H3,26,27)(H,30,33). The zero-order chi connectivity index (χ0) is 23.2. The first kappa shape index (κ1) is 21.5. The number of nitrogens with zero attached hydrogens (tertiary/aromatic N) is 2. The number of hydrogen-bond donors (Lipinski definition) is 4. The average molecular weight is 438 g/mol. The van der Waals surface area contributed by atoms with E-state index < -0.39 is 6.04 Å². The van der Waals surface area contributed by atoms with E-state index in [4.69, 9.17) is 11.1 Å². The first-order valence-corrected chi connectivity index (χ1v) is 10.2. The Bertz CT molecular complexity index is 1330. The molecular weight excluding hydrogens is 416 g/mol. The number of benzene rings is 3. The van der Waals surface area contributed by atoms with Crippen molar-refractivity contribution in [1.82, 2.24) is 9.78 Å². The van der Waals surface area contributed by atoms with E-state index in [-0.39, 0.29) is 17.3 Å². The zero-order valence-corrected chi connectivity index (χ0v) is 17.6. The Kier molecular flexibility index (Phi) is 6.26. The molecule has 0 spiro atoms. The average Bonchev–Trinajstić information content (AvgIpc) is 2.84. The summed E-state index contributed by atoms with van der Waals surface area (Å²) in [6, 6.07) is 25.6. The van der Waals surface area contributed by atoms with Crippen LogP contribution in [0.5, 0.6) is 0 Å². The lowest BCUT2D eigenvalue weighted by molar-refractivity contribution is -0.117. The second-order valence-electron chi connectivity index (χ2n) is 7.29. The molecular formula is C25H22N6O2. The summed E-state index contributed by atoms with van der Waals surface area (Å²) >= 11 is 0. The fourth-order valence-corrected chi connectivity index (χ4v) is 3.34. The molecule has 0 fully saturated rings. The Morgan fingerprint density at radius 1 is 0.909 bits per heavy atom. The highest BCUT2D eigenvalue weighted by atomic mass is 16.2. The quantitative estimate of drug-likeness (QED) is 0.260. The van der Waals surface area contributed by atoms with Crippen molar-refractivity contribution in [2.75, 3.05) is 10.6 Å². The predicted molar refractivity (Wildman–Crippen MR) is 129 cm³/mol. The lowest BCUT2D eigenvalue weighted by Gasteiger charge is -2.20. The molecule has 5 N–H and O–H groups in total. The number of nitrogens with one attached hydrogen (secondary N) is 3. The molecule has 0 radical (unpaired) electrons. The Labute approximate surface area is 190 Å². The Hall–Kier alpha value is -4.72. The molecule has 4 aromatic rings. The van der Waals surface area contributed by atoms with E-state index in [2.05, 4.69) is 15.7 Å². The number of rotatable bonds is 7. The molecule has 0 aliphatic rings. The van der Waals surface area contributed by atoms with Gasteiger partial charge < -0.3 is 16.4 Å². The number of anilines is 2. The summed E-state index contributed by atoms with van der Waals surface area (Å²) in [6.07, 6.45) is 1.55. The van der Waals surface area contributed by atoms with Gasteiger partial charge in [0.1, 0.15) is 11.9 Å². The lowest BCUT2D eigenvalue weighted by Crippen LogP contribution is -2.27. The maximum atomic E-state index is 13.2. The van der Waals surface area contributed by atoms with Crippen molar-refractivity contribution in [3.63, 3.8) is 0 Å². The van der Waals surface area contributed by atoms with Crippen molar-refractivity contribution in [1.29, 1.82) is 5.41 Å². The number of carbonyl (C=O) groups excluding carboxylic acids is 1. The number of nitrogen functional groups attached to an aromatic ring is 1. The van der Waals surface area contributed by atoms with Crippen LogP contribution < -0.4 is 21.9 Å². The lowest BCUT2D eigenvalue weighted by atomic mass is 10.1. The molecule has 0 aliphatic heterocycles. The van der Waals surface area contributed by atoms with Gasteiger partial charge in [-0.1, -0.05) is 42.5 Å². The molecule has 8 nitrogen and oxygen atoms in total. The fourth-order valence-electron chi connectivity index (χ4n) is 3.34. The molecule has 8 heteroatoms. The first-order chi connectivity index (χ1) is 16.0. The molecule has 0 saturated carbocycles. The SMILES string of the molecule is N=C(N)c1cccc(NC(=O)C(Nc2ccc(-n3ncccc3=O)cc2)c2ccccc2)c1. The molecule has 3 aromatic carbocycles. The van der Waals surface area contributed by atoms with Crippen molar-refractivity contribution in [3.8, 4) is 5.69 Å². The molecule has 1 heterocycles. The van der Waals surface area contributed by atoms with E-state index in [0.29, 0.717) is 22.6 Å². The van der Waals surface area contributed by atoms with Gasteiger partial charge in [0.2, 0.25) is 0 Å². The van der Waals surface area contributed by atoms with Gasteiger partial charge in [0.25, 0.3) is 11.5 Å². The number of amides is 1. The van der Waals surface area contributed by atoms with Gasteiger partial charge in [0, 0.05) is 29.2 Å². The van der Waals surface area contributed by atoms with Crippen LogP contribution in [0.15, 0.2) is 102 Å². The van der Waals surface area contributed by atoms with Gasteiger partial charge in [-0.05, 0) is 48.0 Å². The van der Waals surface area contributed by atoms with E-state index in [9.17, 15) is 9.59 Å². The van der Waals surface area contributed by atoms with Gasteiger partial charge in [-0.3, -0.25) is 15.0 Å². The van der Waals surface area contributed by atoms with Crippen molar-refractivity contribution in [3.05, 3.63) is 119 Å². The molecule has 0 saturated heterocycles. The van der Waals surface area contributed by atoms with Crippen molar-refractivity contribution in [2.24, 2.45) is 5.73 Å². The van der Waals surface area contributed by atoms with E-state index >= 15 is 0 Å². The van der Waals surface area contributed by atoms with Gasteiger partial charge in [0.05, 0.1) is 5.69 Å². The van der Waals surface area contributed by atoms with Gasteiger partial charge in [0.15, 0.2) is 0 Å². The summed E-state index contributed by atoms with van der Waals surface area (Å²) in [5.74, 6) is -0.345. The third kappa shape index (κ3) is 5.13. The maximum Gasteiger partial charge on any atom is 0.271 e. The van der Waals surface area contributed by atoms with Gasteiger partial charge >= 0.3 is 0 Å². The third-order valence-corrected chi connectivity index (χ3v) is 4.97. The minimum atomic E-state index is -0.685. The molecule has 33 heavy (non-hydrogen) atoms. The van der Waals surface area contributed by atoms with Crippen molar-refractivity contribution < 1.29 is 4.79 Å². The van der Waals surface area contributed by atoms with Crippen molar-refractivity contribution in [2.45, 2.75) is 6.04 Å². The fraction of sp³-hybridized carbons (Fsp3) is 0.0400. The van der Waals surface area contributed by atoms with Gasteiger partial charge in [-0.15, -0.1) is 0 Å². The monoisotopic (exact) mass is 438 g/mol. The van der Waals surface area contributed by atoms with Gasteiger partial charge in [-0.25, -0.2) is 0 Å². The summed E-state index contributed by atoms with van der Waals surface area (Å²) in [7, 11) is 0. The summed E-state index contributed by atoms with van der Waals surface area (Å²) in [5, 5.41) is 17.8. The minimum absolute atomic E-state index is 0.0732. The summed E-state index contributed by atoms with van der Waals surface area (Å²) < 4.78 is 1.30. The minimum Gasteiger partial charge on any atom is -0.384 e. The van der Waals surface area contributed by atoms with E-state index in [1.54, 1.807) is 60.8 Å². The molecule has 1 amide bonds. The number of amidine groups is 1. The van der Waals surface area contributed by atoms with E-state index in [0.717, 1.165) is 5.56 Å². The van der Waals surface area contributed by atoms with Crippen LogP contribution in [0.2, 0.25) is 0 Å². The smallest absolute Gasteiger partial charge is 0.271 e. The van der Waals surface area contributed by atoms with Crippen LogP contribution in [-0.2, 0) is 4.79 Å². The highest BCUT2D eigenvalue weighted by Gasteiger charge is 2.21. The Balaban J connectivity index is 1.58. The number of hydrogen-bond acceptors (Lipinski definition) is 5. The zero-order valence-electron chi connectivity index (χ0n) is 17.6. The van der Waals surface area contributed by atoms with Gasteiger partial charge in [-0.2, -0.15) is 9.78 Å². The van der Waals surface area contributed by atoms with Crippen molar-refractivity contribution >= 4 is 23.1 Å². The summed E-state index contributed by atoms with van der Waals surface area (Å²) in [6.45, 7) is 0. The summed E-state index contributed by atoms with van der Waals surface area (Å²) in [5.41, 5.74) is 8.50. The van der Waals surface area contributed by atoms with Crippen LogP contribution in [0.1, 0.15) is 17.2 Å². The summed E-state index contributed by atoms with van der Waals surface area (Å²) in [4.78, 5) is 25.2. The Morgan fingerprint density at radius 3 is 2.36 bits per heavy atom. The number of nitrogens with two attached hydrogens (primary N) is 1. The molecule has 1 aromatic heterocycles. The molecule has 1 unspecified atom stereocenters. The molecule has 0 bridgehead atoms. The molecule has 4 rings (SSSR count). The molecule has 1 atom stereocenters. The normalized spacial score (nSPS) is 11.4. The highest BCUT2D eigenvalue weighted by molar-refractivity contribution is 6.00. The largest absolute Gasteiger partial charge is 0.384 e. The van der Waals surface area contributed by atoms with Crippen LogP contribution in [0.4, 0.5) is 11.4 Å². The maximum absolute atomic E-state index is 13.2. The van der Waals surface area contributed by atoms with Crippen LogP contribution in [0.3, 0.4) is 0 Å². The second-order valence-corrected chi connectivity index (χ2v) is 7.29. The second kappa shape index (κ2) is 9.61. The predicted octanol–water partition coefficient (Wildman–Crippen LogP) is 3.31. The number of aromatic nitrogens is 2. The first-order valence-electron chi connectivity index (χ1n) is 10.2. The Morgan fingerprint density at radius 2 is 1.67 bits per heavy atom. The van der Waals surface area contributed by atoms with Crippen LogP contribution in [-0.4, -0.2) is 21.5 Å². The molecule has 164 valence electrons. The van der Waals surface area contributed by atoms with E-state index in [1.165, 1.54) is 10.7 Å². The van der Waals surface area contributed by atoms with Crippen LogP contribution in [0.25, 0.3) is 5.69 Å². The van der Waals surface area contributed by atoms with Crippen LogP contribution in [0, 0.1) is 5.41 Å². The number of carbonyl (C=O) groups is 1. The topological polar surface area (TPSA) is 126 Å². The highest BCUT2D eigenvalue weighted by Crippen LogP contribution is 2.23. The van der Waals surface area contributed by atoms with E-state index in [1.807, 2.05) is 30.3 Å². The van der Waals surface area contributed by atoms with Crippen LogP contribution >= 0.6 is 0 Å². The molecule has 0 aliphatic carbocycles.